The van der Waals surface area contributed by atoms with Crippen molar-refractivity contribution in [3.63, 3.8) is 0 Å². The maximum absolute atomic E-state index is 13.7. The van der Waals surface area contributed by atoms with Crippen LogP contribution in [0, 0.1) is 0 Å². The Bertz CT molecular complexity index is 1400. The molecule has 7 nitrogen and oxygen atoms in total. The number of nitrogens with zero attached hydrogens (tertiary/aromatic N) is 3. The first-order chi connectivity index (χ1) is 20.9. The van der Waals surface area contributed by atoms with Crippen LogP contribution in [-0.4, -0.2) is 104 Å². The Hall–Kier alpha value is -2.55. The predicted molar refractivity (Wildman–Crippen MR) is 167 cm³/mol. The lowest BCUT2D eigenvalue weighted by Gasteiger charge is -2.43. The third-order valence-corrected chi connectivity index (χ3v) is 8.50. The summed E-state index contributed by atoms with van der Waals surface area (Å²) in [5.74, 6) is -0.835. The number of carbonyl (C=O) groups is 1. The second-order valence-corrected chi connectivity index (χ2v) is 11.4. The summed E-state index contributed by atoms with van der Waals surface area (Å²) in [4.78, 5) is 22.9. The van der Waals surface area contributed by atoms with Crippen molar-refractivity contribution in [1.82, 2.24) is 19.7 Å². The number of rotatable bonds is 9. The highest BCUT2D eigenvalue weighted by molar-refractivity contribution is 5.95. The number of morpholine rings is 1. The number of hydrogen-bond acceptors (Lipinski definition) is 5. The van der Waals surface area contributed by atoms with Crippen LogP contribution in [0.25, 0.3) is 10.9 Å². The molecule has 0 spiro atoms. The summed E-state index contributed by atoms with van der Waals surface area (Å²) in [5.41, 5.74) is -1.63. The van der Waals surface area contributed by atoms with E-state index in [0.717, 1.165) is 29.6 Å². The van der Waals surface area contributed by atoms with Gasteiger partial charge in [-0.3, -0.25) is 14.6 Å². The largest absolute Gasteiger partial charge is 0.416 e. The lowest BCUT2D eigenvalue weighted by molar-refractivity contribution is -0.143. The predicted octanol–water partition coefficient (Wildman–Crippen LogP) is 6.16. The van der Waals surface area contributed by atoms with Gasteiger partial charge in [-0.25, -0.2) is 0 Å². The van der Waals surface area contributed by atoms with Crippen molar-refractivity contribution in [1.29, 1.82) is 0 Å². The van der Waals surface area contributed by atoms with E-state index in [0.29, 0.717) is 64.4 Å². The number of aromatic nitrogens is 1. The highest BCUT2D eigenvalue weighted by atomic mass is 35.5. The molecule has 15 heteroatoms. The van der Waals surface area contributed by atoms with Crippen LogP contribution in [0.5, 0.6) is 0 Å². The standard InChI is InChI=1S/C31H36F6N4O3.2ClH/c1-43-19-26-20-44-13-12-40(26)10-8-39-9-11-41(25(18-39)7-6-21-17-38-28-5-3-2-4-27(21)28)29(42)22-14-23(30(32,33)34)16-24(15-22)31(35,36)37;;/h2-5,14-17,25-26,38H,6-13,18-20H2,1H3;2*1H/t25-,26-;;/m1../s1. The molecular formula is C31H38Cl2F6N4O3. The van der Waals surface area contributed by atoms with E-state index in [1.54, 1.807) is 7.11 Å². The molecule has 0 radical (unpaired) electrons. The monoisotopic (exact) mass is 698 g/mol. The zero-order valence-electron chi connectivity index (χ0n) is 25.2. The molecule has 46 heavy (non-hydrogen) atoms. The Balaban J connectivity index is 0.00000288. The summed E-state index contributed by atoms with van der Waals surface area (Å²) in [6, 6.07) is 8.56. The van der Waals surface area contributed by atoms with Crippen molar-refractivity contribution in [3.05, 3.63) is 70.9 Å². The van der Waals surface area contributed by atoms with E-state index >= 15 is 0 Å². The topological polar surface area (TPSA) is 61.0 Å². The molecular weight excluding hydrogens is 661 g/mol. The Labute approximate surface area is 276 Å². The van der Waals surface area contributed by atoms with Crippen LogP contribution in [0.2, 0.25) is 0 Å². The number of fused-ring (bicyclic) bond motifs is 1. The van der Waals surface area contributed by atoms with Gasteiger partial charge in [-0.15, -0.1) is 24.8 Å². The Kier molecular flexibility index (Phi) is 13.2. The molecule has 0 bridgehead atoms. The molecule has 256 valence electrons. The van der Waals surface area contributed by atoms with Crippen LogP contribution < -0.4 is 0 Å². The van der Waals surface area contributed by atoms with Gasteiger partial charge in [0.05, 0.1) is 37.0 Å². The van der Waals surface area contributed by atoms with Gasteiger partial charge < -0.3 is 19.4 Å². The zero-order chi connectivity index (χ0) is 31.5. The van der Waals surface area contributed by atoms with Crippen molar-refractivity contribution in [2.75, 3.05) is 66.2 Å². The number of aromatic amines is 1. The summed E-state index contributed by atoms with van der Waals surface area (Å²) in [6.45, 7) is 4.97. The van der Waals surface area contributed by atoms with Crippen LogP contribution in [0.1, 0.15) is 33.5 Å². The van der Waals surface area contributed by atoms with Gasteiger partial charge in [0.1, 0.15) is 0 Å². The summed E-state index contributed by atoms with van der Waals surface area (Å²) >= 11 is 0. The first kappa shape index (κ1) is 37.9. The van der Waals surface area contributed by atoms with Gasteiger partial charge in [-0.1, -0.05) is 18.2 Å². The van der Waals surface area contributed by atoms with Crippen LogP contribution >= 0.6 is 24.8 Å². The van der Waals surface area contributed by atoms with Gasteiger partial charge in [-0.05, 0) is 42.7 Å². The number of amides is 1. The number of hydrogen-bond donors (Lipinski definition) is 1. The fourth-order valence-corrected chi connectivity index (χ4v) is 6.14. The normalized spacial score (nSPS) is 19.9. The molecule has 2 atom stereocenters. The number of alkyl halides is 6. The van der Waals surface area contributed by atoms with Crippen LogP contribution in [0.3, 0.4) is 0 Å². The lowest BCUT2D eigenvalue weighted by atomic mass is 9.99. The molecule has 3 heterocycles. The number of para-hydroxylation sites is 1. The maximum atomic E-state index is 13.7. The van der Waals surface area contributed by atoms with Gasteiger partial charge in [0.15, 0.2) is 0 Å². The minimum Gasteiger partial charge on any atom is -0.383 e. The maximum Gasteiger partial charge on any atom is 0.416 e. The van der Waals surface area contributed by atoms with Crippen molar-refractivity contribution >= 4 is 41.6 Å². The summed E-state index contributed by atoms with van der Waals surface area (Å²) in [6.07, 6.45) is -7.12. The van der Waals surface area contributed by atoms with E-state index in [-0.39, 0.29) is 43.5 Å². The average Bonchev–Trinajstić information content (AvgIpc) is 3.41. The second kappa shape index (κ2) is 16.0. The van der Waals surface area contributed by atoms with E-state index in [1.165, 1.54) is 4.90 Å². The number of carbonyl (C=O) groups excluding carboxylic acids is 1. The molecule has 3 aromatic rings. The molecule has 2 aliphatic heterocycles. The number of aryl methyl sites for hydroxylation is 1. The fourth-order valence-electron chi connectivity index (χ4n) is 6.14. The van der Waals surface area contributed by atoms with Gasteiger partial charge in [0.2, 0.25) is 0 Å². The van der Waals surface area contributed by atoms with Crippen LogP contribution in [-0.2, 0) is 28.2 Å². The number of benzene rings is 2. The number of ether oxygens (including phenoxy) is 2. The van der Waals surface area contributed by atoms with E-state index in [1.807, 2.05) is 30.5 Å². The van der Waals surface area contributed by atoms with Gasteiger partial charge in [0, 0.05) is 75.1 Å². The van der Waals surface area contributed by atoms with Crippen molar-refractivity contribution in [2.24, 2.45) is 0 Å². The Morgan fingerprint density at radius 1 is 0.957 bits per heavy atom. The summed E-state index contributed by atoms with van der Waals surface area (Å²) < 4.78 is 92.3. The first-order valence-corrected chi connectivity index (χ1v) is 14.6. The molecule has 0 aliphatic carbocycles. The van der Waals surface area contributed by atoms with Crippen molar-refractivity contribution < 1.29 is 40.6 Å². The average molecular weight is 700 g/mol. The highest BCUT2D eigenvalue weighted by Gasteiger charge is 2.39. The molecule has 2 aromatic carbocycles. The third kappa shape index (κ3) is 9.07. The SMILES string of the molecule is COC[C@@H]1COCCN1CCN1CCN(C(=O)c2cc(C(F)(F)F)cc(C(F)(F)F)c2)[C@H](CCc2c[nH]c3ccccc23)C1.Cl.Cl. The number of H-pyrrole nitrogens is 1. The Morgan fingerprint density at radius 3 is 2.33 bits per heavy atom. The molecule has 5 rings (SSSR count). The summed E-state index contributed by atoms with van der Waals surface area (Å²) in [7, 11) is 1.64. The van der Waals surface area contributed by atoms with E-state index < -0.39 is 41.0 Å². The first-order valence-electron chi connectivity index (χ1n) is 14.6. The summed E-state index contributed by atoms with van der Waals surface area (Å²) in [5, 5.41) is 1.03. The molecule has 0 unspecified atom stereocenters. The molecule has 1 N–H and O–H groups in total. The zero-order valence-corrected chi connectivity index (χ0v) is 26.8. The quantitative estimate of drug-likeness (QED) is 0.272. The second-order valence-electron chi connectivity index (χ2n) is 11.4. The van der Waals surface area contributed by atoms with Gasteiger partial charge in [-0.2, -0.15) is 26.3 Å². The Morgan fingerprint density at radius 2 is 1.65 bits per heavy atom. The smallest absolute Gasteiger partial charge is 0.383 e. The molecule has 2 fully saturated rings. The lowest BCUT2D eigenvalue weighted by Crippen LogP contribution is -2.57. The molecule has 0 saturated carbocycles. The number of piperazine rings is 1. The van der Waals surface area contributed by atoms with Crippen molar-refractivity contribution in [3.8, 4) is 0 Å². The fraction of sp³-hybridized carbons (Fsp3) is 0.516. The number of methoxy groups -OCH3 is 1. The minimum absolute atomic E-state index is 0. The van der Waals surface area contributed by atoms with Crippen molar-refractivity contribution in [2.45, 2.75) is 37.3 Å². The highest BCUT2D eigenvalue weighted by Crippen LogP contribution is 2.37. The van der Waals surface area contributed by atoms with E-state index in [9.17, 15) is 31.1 Å². The van der Waals surface area contributed by atoms with Gasteiger partial charge >= 0.3 is 12.4 Å². The minimum atomic E-state index is -5.04. The van der Waals surface area contributed by atoms with Gasteiger partial charge in [0.25, 0.3) is 5.91 Å². The van der Waals surface area contributed by atoms with E-state index in [4.69, 9.17) is 9.47 Å². The van der Waals surface area contributed by atoms with E-state index in [2.05, 4.69) is 14.8 Å². The number of nitrogens with one attached hydrogen (secondary N) is 1. The number of halogens is 8. The molecule has 1 aromatic heterocycles. The molecule has 2 aliphatic rings. The molecule has 1 amide bonds. The van der Waals surface area contributed by atoms with Crippen LogP contribution in [0.15, 0.2) is 48.7 Å². The van der Waals surface area contributed by atoms with Crippen LogP contribution in [0.4, 0.5) is 26.3 Å². The molecule has 2 saturated heterocycles. The third-order valence-electron chi connectivity index (χ3n) is 8.50.